The summed E-state index contributed by atoms with van der Waals surface area (Å²) in [5, 5.41) is 3.37. The molecule has 0 fully saturated rings. The number of rotatable bonds is 7. The van der Waals surface area contributed by atoms with Gasteiger partial charge < -0.3 is 10.1 Å². The van der Waals surface area contributed by atoms with Crippen molar-refractivity contribution in [2.75, 3.05) is 19.7 Å². The van der Waals surface area contributed by atoms with Crippen molar-refractivity contribution < 1.29 is 4.74 Å². The lowest BCUT2D eigenvalue weighted by Gasteiger charge is -2.12. The third-order valence-electron chi connectivity index (χ3n) is 2.39. The lowest BCUT2D eigenvalue weighted by atomic mass is 10.1. The Morgan fingerprint density at radius 1 is 1.11 bits per heavy atom. The normalized spacial score (nSPS) is 11.0. The Balaban J connectivity index is 2.31. The molecule has 0 aromatic heterocycles. The van der Waals surface area contributed by atoms with Gasteiger partial charge in [0.15, 0.2) is 0 Å². The standard InChI is InChI=1S/C13H18Br3NO/c1-9(2)3-4-17-5-6-18-13-11(15)7-10(14)8-12(13)16/h7-9,17H,3-6H2,1-2H3. The number of hydrogen-bond donors (Lipinski definition) is 1. The van der Waals surface area contributed by atoms with Gasteiger partial charge in [0.25, 0.3) is 0 Å². The highest BCUT2D eigenvalue weighted by Crippen LogP contribution is 2.36. The number of hydrogen-bond acceptors (Lipinski definition) is 2. The second-order valence-electron chi connectivity index (χ2n) is 4.48. The van der Waals surface area contributed by atoms with Crippen LogP contribution >= 0.6 is 47.8 Å². The molecule has 0 aliphatic rings. The van der Waals surface area contributed by atoms with Crippen LogP contribution in [0.4, 0.5) is 0 Å². The largest absolute Gasteiger partial charge is 0.490 e. The van der Waals surface area contributed by atoms with Gasteiger partial charge in [-0.25, -0.2) is 0 Å². The third-order valence-corrected chi connectivity index (χ3v) is 4.02. The average Bonchev–Trinajstić information content (AvgIpc) is 2.25. The van der Waals surface area contributed by atoms with Gasteiger partial charge in [-0.1, -0.05) is 29.8 Å². The molecule has 0 heterocycles. The van der Waals surface area contributed by atoms with Crippen molar-refractivity contribution in [2.24, 2.45) is 5.92 Å². The van der Waals surface area contributed by atoms with E-state index in [0.29, 0.717) is 6.61 Å². The summed E-state index contributed by atoms with van der Waals surface area (Å²) in [6, 6.07) is 3.96. The highest BCUT2D eigenvalue weighted by Gasteiger charge is 2.07. The van der Waals surface area contributed by atoms with E-state index in [-0.39, 0.29) is 0 Å². The Bertz CT molecular complexity index is 359. The van der Waals surface area contributed by atoms with Gasteiger partial charge in [-0.2, -0.15) is 0 Å². The topological polar surface area (TPSA) is 21.3 Å². The first-order chi connectivity index (χ1) is 8.50. The highest BCUT2D eigenvalue weighted by atomic mass is 79.9. The fourth-order valence-corrected chi connectivity index (χ4v) is 3.90. The first kappa shape index (κ1) is 16.5. The van der Waals surface area contributed by atoms with Crippen LogP contribution in [0.25, 0.3) is 0 Å². The van der Waals surface area contributed by atoms with Crippen molar-refractivity contribution >= 4 is 47.8 Å². The molecule has 1 aromatic rings. The van der Waals surface area contributed by atoms with Crippen molar-refractivity contribution in [3.8, 4) is 5.75 Å². The van der Waals surface area contributed by atoms with E-state index in [1.165, 1.54) is 6.42 Å². The zero-order valence-electron chi connectivity index (χ0n) is 10.6. The molecule has 1 aromatic carbocycles. The molecular weight excluding hydrogens is 426 g/mol. The molecule has 5 heteroatoms. The van der Waals surface area contributed by atoms with Crippen LogP contribution in [-0.4, -0.2) is 19.7 Å². The fourth-order valence-electron chi connectivity index (χ4n) is 1.41. The van der Waals surface area contributed by atoms with Crippen molar-refractivity contribution in [1.29, 1.82) is 0 Å². The third kappa shape index (κ3) is 6.04. The maximum Gasteiger partial charge on any atom is 0.147 e. The minimum absolute atomic E-state index is 0.664. The minimum Gasteiger partial charge on any atom is -0.490 e. The Morgan fingerprint density at radius 3 is 2.28 bits per heavy atom. The van der Waals surface area contributed by atoms with Crippen LogP contribution in [0.1, 0.15) is 20.3 Å². The molecule has 0 unspecified atom stereocenters. The Hall–Kier alpha value is 0.420. The van der Waals surface area contributed by atoms with E-state index in [1.54, 1.807) is 0 Å². The van der Waals surface area contributed by atoms with Gasteiger partial charge in [-0.05, 0) is 62.9 Å². The molecule has 18 heavy (non-hydrogen) atoms. The molecule has 0 saturated carbocycles. The summed E-state index contributed by atoms with van der Waals surface area (Å²) in [6.45, 7) is 7.03. The lowest BCUT2D eigenvalue weighted by Crippen LogP contribution is -2.23. The summed E-state index contributed by atoms with van der Waals surface area (Å²) in [4.78, 5) is 0. The summed E-state index contributed by atoms with van der Waals surface area (Å²) < 4.78 is 8.67. The van der Waals surface area contributed by atoms with Gasteiger partial charge in [0.2, 0.25) is 0 Å². The first-order valence-corrected chi connectivity index (χ1v) is 8.36. The van der Waals surface area contributed by atoms with E-state index in [2.05, 4.69) is 67.0 Å². The quantitative estimate of drug-likeness (QED) is 0.599. The van der Waals surface area contributed by atoms with Crippen molar-refractivity contribution in [3.05, 3.63) is 25.6 Å². The summed E-state index contributed by atoms with van der Waals surface area (Å²) in [7, 11) is 0. The van der Waals surface area contributed by atoms with Gasteiger partial charge in [0.05, 0.1) is 8.95 Å². The molecule has 0 aliphatic carbocycles. The van der Waals surface area contributed by atoms with Crippen molar-refractivity contribution in [1.82, 2.24) is 5.32 Å². The Labute approximate surface area is 134 Å². The Morgan fingerprint density at radius 2 is 1.72 bits per heavy atom. The molecular formula is C13H18Br3NO. The van der Waals surface area contributed by atoms with E-state index in [1.807, 2.05) is 12.1 Å². The number of nitrogens with one attached hydrogen (secondary N) is 1. The zero-order valence-corrected chi connectivity index (χ0v) is 15.4. The van der Waals surface area contributed by atoms with Crippen LogP contribution in [-0.2, 0) is 0 Å². The van der Waals surface area contributed by atoms with Crippen LogP contribution < -0.4 is 10.1 Å². The van der Waals surface area contributed by atoms with E-state index in [4.69, 9.17) is 4.74 Å². The number of halogens is 3. The second-order valence-corrected chi connectivity index (χ2v) is 7.10. The van der Waals surface area contributed by atoms with Gasteiger partial charge >= 0.3 is 0 Å². The van der Waals surface area contributed by atoms with Crippen LogP contribution in [0.2, 0.25) is 0 Å². The summed E-state index contributed by atoms with van der Waals surface area (Å²) in [5.41, 5.74) is 0. The SMILES string of the molecule is CC(C)CCNCCOc1c(Br)cc(Br)cc1Br. The Kier molecular flexibility index (Phi) is 7.84. The van der Waals surface area contributed by atoms with Gasteiger partial charge in [0.1, 0.15) is 12.4 Å². The molecule has 2 nitrogen and oxygen atoms in total. The van der Waals surface area contributed by atoms with E-state index < -0.39 is 0 Å². The molecule has 0 amide bonds. The van der Waals surface area contributed by atoms with Crippen LogP contribution in [0.15, 0.2) is 25.6 Å². The van der Waals surface area contributed by atoms with E-state index >= 15 is 0 Å². The zero-order chi connectivity index (χ0) is 13.5. The molecule has 0 aliphatic heterocycles. The summed E-state index contributed by atoms with van der Waals surface area (Å²) in [5.74, 6) is 1.59. The predicted molar refractivity (Wildman–Crippen MR) is 87.4 cm³/mol. The van der Waals surface area contributed by atoms with Crippen molar-refractivity contribution in [2.45, 2.75) is 20.3 Å². The molecule has 102 valence electrons. The van der Waals surface area contributed by atoms with Crippen LogP contribution in [0, 0.1) is 5.92 Å². The maximum atomic E-state index is 5.75. The summed E-state index contributed by atoms with van der Waals surface area (Å²) >= 11 is 10.4. The second kappa shape index (κ2) is 8.56. The van der Waals surface area contributed by atoms with E-state index in [9.17, 15) is 0 Å². The van der Waals surface area contributed by atoms with Gasteiger partial charge in [-0.3, -0.25) is 0 Å². The lowest BCUT2D eigenvalue weighted by molar-refractivity contribution is 0.308. The number of benzene rings is 1. The maximum absolute atomic E-state index is 5.75. The molecule has 0 saturated heterocycles. The fraction of sp³-hybridized carbons (Fsp3) is 0.538. The van der Waals surface area contributed by atoms with Gasteiger partial charge in [-0.15, -0.1) is 0 Å². The smallest absolute Gasteiger partial charge is 0.147 e. The number of ether oxygens (including phenoxy) is 1. The molecule has 0 spiro atoms. The summed E-state index contributed by atoms with van der Waals surface area (Å²) in [6.07, 6.45) is 1.20. The molecule has 0 radical (unpaired) electrons. The molecule has 0 atom stereocenters. The highest BCUT2D eigenvalue weighted by molar-refractivity contribution is 9.11. The predicted octanol–water partition coefficient (Wildman–Crippen LogP) is 4.99. The molecule has 1 rings (SSSR count). The van der Waals surface area contributed by atoms with Gasteiger partial charge in [0, 0.05) is 11.0 Å². The van der Waals surface area contributed by atoms with Crippen LogP contribution in [0.5, 0.6) is 5.75 Å². The molecule has 1 N–H and O–H groups in total. The first-order valence-electron chi connectivity index (χ1n) is 5.98. The van der Waals surface area contributed by atoms with Crippen LogP contribution in [0.3, 0.4) is 0 Å². The monoisotopic (exact) mass is 441 g/mol. The minimum atomic E-state index is 0.664. The molecule has 0 bridgehead atoms. The van der Waals surface area contributed by atoms with E-state index in [0.717, 1.165) is 38.2 Å². The average molecular weight is 444 g/mol. The van der Waals surface area contributed by atoms with Crippen molar-refractivity contribution in [3.63, 3.8) is 0 Å².